The van der Waals surface area contributed by atoms with E-state index in [1.807, 2.05) is 19.1 Å². The Balaban J connectivity index is 0.00000288. The smallest absolute Gasteiger partial charge is 0.191 e. The molecular formula is C15H23ClIN3O3S. The third kappa shape index (κ3) is 7.02. The first-order chi connectivity index (χ1) is 11.0. The van der Waals surface area contributed by atoms with Crippen LogP contribution >= 0.6 is 35.6 Å². The van der Waals surface area contributed by atoms with Gasteiger partial charge in [-0.2, -0.15) is 0 Å². The average Bonchev–Trinajstić information content (AvgIpc) is 2.84. The highest BCUT2D eigenvalue weighted by Gasteiger charge is 2.28. The van der Waals surface area contributed by atoms with Gasteiger partial charge in [-0.3, -0.25) is 0 Å². The molecule has 6 nitrogen and oxygen atoms in total. The summed E-state index contributed by atoms with van der Waals surface area (Å²) in [5.74, 6) is 1.63. The van der Waals surface area contributed by atoms with Crippen molar-refractivity contribution >= 4 is 51.4 Å². The minimum absolute atomic E-state index is 0. The molecule has 2 rings (SSSR count). The van der Waals surface area contributed by atoms with Crippen LogP contribution in [0.3, 0.4) is 0 Å². The Morgan fingerprint density at radius 3 is 2.79 bits per heavy atom. The number of halogens is 2. The molecule has 0 radical (unpaired) electrons. The zero-order valence-corrected chi connectivity index (χ0v) is 17.4. The first-order valence-corrected chi connectivity index (χ1v) is 9.82. The number of benzene rings is 1. The lowest BCUT2D eigenvalue weighted by Gasteiger charge is -2.16. The van der Waals surface area contributed by atoms with E-state index < -0.39 is 9.84 Å². The molecule has 0 amide bonds. The summed E-state index contributed by atoms with van der Waals surface area (Å²) in [6.07, 6.45) is 0.614. The SMILES string of the molecule is CCNC(=NCCOc1ccccc1Cl)NC1CCS(=O)(=O)C1.I. The van der Waals surface area contributed by atoms with Gasteiger partial charge in [-0.05, 0) is 25.5 Å². The van der Waals surface area contributed by atoms with Crippen LogP contribution in [0.2, 0.25) is 5.02 Å². The molecule has 0 aromatic heterocycles. The summed E-state index contributed by atoms with van der Waals surface area (Å²) in [6.45, 7) is 3.50. The van der Waals surface area contributed by atoms with Gasteiger partial charge in [-0.25, -0.2) is 13.4 Å². The number of nitrogens with zero attached hydrogens (tertiary/aromatic N) is 1. The van der Waals surface area contributed by atoms with Gasteiger partial charge in [0.15, 0.2) is 15.8 Å². The predicted molar refractivity (Wildman–Crippen MR) is 109 cm³/mol. The van der Waals surface area contributed by atoms with Crippen molar-refractivity contribution in [2.45, 2.75) is 19.4 Å². The minimum Gasteiger partial charge on any atom is -0.490 e. The predicted octanol–water partition coefficient (Wildman–Crippen LogP) is 2.08. The molecule has 1 saturated heterocycles. The second kappa shape index (κ2) is 10.3. The van der Waals surface area contributed by atoms with E-state index >= 15 is 0 Å². The third-order valence-corrected chi connectivity index (χ3v) is 5.45. The molecule has 2 N–H and O–H groups in total. The van der Waals surface area contributed by atoms with E-state index in [0.717, 1.165) is 0 Å². The Hall–Kier alpha value is -0.740. The second-order valence-electron chi connectivity index (χ2n) is 5.28. The monoisotopic (exact) mass is 487 g/mol. The first kappa shape index (κ1) is 21.3. The molecule has 1 aromatic carbocycles. The number of para-hydroxylation sites is 1. The number of hydrogen-bond acceptors (Lipinski definition) is 4. The fourth-order valence-corrected chi connectivity index (χ4v) is 4.16. The van der Waals surface area contributed by atoms with Gasteiger partial charge in [0.1, 0.15) is 12.4 Å². The highest BCUT2D eigenvalue weighted by Crippen LogP contribution is 2.22. The van der Waals surface area contributed by atoms with Crippen molar-refractivity contribution in [2.24, 2.45) is 4.99 Å². The summed E-state index contributed by atoms with van der Waals surface area (Å²) in [6, 6.07) is 7.19. The lowest BCUT2D eigenvalue weighted by Crippen LogP contribution is -2.44. The fraction of sp³-hybridized carbons (Fsp3) is 0.533. The number of guanidine groups is 1. The Morgan fingerprint density at radius 2 is 2.17 bits per heavy atom. The van der Waals surface area contributed by atoms with Crippen LogP contribution in [0.5, 0.6) is 5.75 Å². The third-order valence-electron chi connectivity index (χ3n) is 3.37. The van der Waals surface area contributed by atoms with Gasteiger partial charge < -0.3 is 15.4 Å². The number of aliphatic imine (C=N–C) groups is 1. The van der Waals surface area contributed by atoms with Crippen LogP contribution in [0, 0.1) is 0 Å². The van der Waals surface area contributed by atoms with Crippen molar-refractivity contribution in [3.63, 3.8) is 0 Å². The Kier molecular flexibility index (Phi) is 9.14. The zero-order chi connectivity index (χ0) is 16.7. The van der Waals surface area contributed by atoms with Gasteiger partial charge in [0.2, 0.25) is 0 Å². The molecule has 9 heteroatoms. The van der Waals surface area contributed by atoms with Crippen molar-refractivity contribution in [2.75, 3.05) is 31.2 Å². The summed E-state index contributed by atoms with van der Waals surface area (Å²) in [7, 11) is -2.91. The first-order valence-electron chi connectivity index (χ1n) is 7.63. The van der Waals surface area contributed by atoms with Crippen molar-refractivity contribution in [1.29, 1.82) is 0 Å². The van der Waals surface area contributed by atoms with Crippen molar-refractivity contribution in [3.05, 3.63) is 29.3 Å². The molecule has 1 heterocycles. The average molecular weight is 488 g/mol. The number of ether oxygens (including phenoxy) is 1. The summed E-state index contributed by atoms with van der Waals surface area (Å²) in [5, 5.41) is 6.84. The van der Waals surface area contributed by atoms with Crippen LogP contribution in [-0.2, 0) is 9.84 Å². The molecule has 1 atom stereocenters. The summed E-state index contributed by atoms with van der Waals surface area (Å²) in [5.41, 5.74) is 0. The molecule has 1 fully saturated rings. The van der Waals surface area contributed by atoms with E-state index in [2.05, 4.69) is 15.6 Å². The maximum atomic E-state index is 11.5. The highest BCUT2D eigenvalue weighted by molar-refractivity contribution is 14.0. The Bertz CT molecular complexity index is 655. The Morgan fingerprint density at radius 1 is 1.42 bits per heavy atom. The van der Waals surface area contributed by atoms with E-state index in [1.54, 1.807) is 12.1 Å². The van der Waals surface area contributed by atoms with Crippen LogP contribution in [0.25, 0.3) is 0 Å². The standard InChI is InChI=1S/C15H22ClN3O3S.HI/c1-2-17-15(19-12-7-10-23(20,21)11-12)18-8-9-22-14-6-4-3-5-13(14)16;/h3-6,12H,2,7-11H2,1H3,(H2,17,18,19);1H. The largest absolute Gasteiger partial charge is 0.490 e. The summed E-state index contributed by atoms with van der Waals surface area (Å²) >= 11 is 6.01. The van der Waals surface area contributed by atoms with Crippen molar-refractivity contribution < 1.29 is 13.2 Å². The van der Waals surface area contributed by atoms with Gasteiger partial charge in [-0.15, -0.1) is 24.0 Å². The van der Waals surface area contributed by atoms with Gasteiger partial charge in [0.25, 0.3) is 0 Å². The molecule has 24 heavy (non-hydrogen) atoms. The maximum Gasteiger partial charge on any atom is 0.191 e. The van der Waals surface area contributed by atoms with Gasteiger partial charge in [0, 0.05) is 12.6 Å². The van der Waals surface area contributed by atoms with Crippen LogP contribution in [0.4, 0.5) is 0 Å². The quantitative estimate of drug-likeness (QED) is 0.278. The lowest BCUT2D eigenvalue weighted by atomic mass is 10.3. The lowest BCUT2D eigenvalue weighted by molar-refractivity contribution is 0.328. The second-order valence-corrected chi connectivity index (χ2v) is 7.92. The van der Waals surface area contributed by atoms with Gasteiger partial charge in [0.05, 0.1) is 23.1 Å². The van der Waals surface area contributed by atoms with Crippen LogP contribution in [0.15, 0.2) is 29.3 Å². The normalized spacial score (nSPS) is 19.4. The molecule has 136 valence electrons. The number of hydrogen-bond donors (Lipinski definition) is 2. The van der Waals surface area contributed by atoms with Gasteiger partial charge in [-0.1, -0.05) is 23.7 Å². The summed E-state index contributed by atoms with van der Waals surface area (Å²) in [4.78, 5) is 4.40. The van der Waals surface area contributed by atoms with E-state index in [1.165, 1.54) is 0 Å². The Labute approximate surface area is 165 Å². The maximum absolute atomic E-state index is 11.5. The number of rotatable bonds is 6. The van der Waals surface area contributed by atoms with Crippen molar-refractivity contribution in [1.82, 2.24) is 10.6 Å². The molecule has 0 bridgehead atoms. The van der Waals surface area contributed by atoms with E-state index in [0.29, 0.717) is 42.8 Å². The molecule has 0 spiro atoms. The molecular weight excluding hydrogens is 465 g/mol. The van der Waals surface area contributed by atoms with E-state index in [4.69, 9.17) is 16.3 Å². The fourth-order valence-electron chi connectivity index (χ4n) is 2.30. The molecule has 1 aliphatic heterocycles. The molecule has 1 aromatic rings. The van der Waals surface area contributed by atoms with E-state index in [9.17, 15) is 8.42 Å². The zero-order valence-electron chi connectivity index (χ0n) is 13.5. The highest BCUT2D eigenvalue weighted by atomic mass is 127. The van der Waals surface area contributed by atoms with Crippen LogP contribution < -0.4 is 15.4 Å². The minimum atomic E-state index is -2.91. The molecule has 1 aliphatic rings. The molecule has 0 aliphatic carbocycles. The van der Waals surface area contributed by atoms with E-state index in [-0.39, 0.29) is 41.5 Å². The van der Waals surface area contributed by atoms with Crippen molar-refractivity contribution in [3.8, 4) is 5.75 Å². The number of nitrogens with one attached hydrogen (secondary N) is 2. The number of sulfone groups is 1. The van der Waals surface area contributed by atoms with Gasteiger partial charge >= 0.3 is 0 Å². The molecule has 0 saturated carbocycles. The molecule has 1 unspecified atom stereocenters. The van der Waals surface area contributed by atoms with Crippen LogP contribution in [0.1, 0.15) is 13.3 Å². The topological polar surface area (TPSA) is 79.8 Å². The van der Waals surface area contributed by atoms with Crippen LogP contribution in [-0.4, -0.2) is 51.6 Å². The summed E-state index contributed by atoms with van der Waals surface area (Å²) < 4.78 is 28.6.